The maximum atomic E-state index is 8.56. The van der Waals surface area contributed by atoms with E-state index in [1.807, 2.05) is 19.1 Å². The number of nitrogens with zero attached hydrogens (tertiary/aromatic N) is 1. The molecule has 3 heteroatoms. The zero-order valence-corrected chi connectivity index (χ0v) is 7.90. The summed E-state index contributed by atoms with van der Waals surface area (Å²) >= 11 is 1.56. The summed E-state index contributed by atoms with van der Waals surface area (Å²) in [5, 5.41) is 8.56. The van der Waals surface area contributed by atoms with Crippen molar-refractivity contribution < 1.29 is 0 Å². The van der Waals surface area contributed by atoms with Crippen LogP contribution >= 0.6 is 11.3 Å². The average Bonchev–Trinajstić information content (AvgIpc) is 2.48. The summed E-state index contributed by atoms with van der Waals surface area (Å²) in [6, 6.07) is 6.24. The Kier molecular flexibility index (Phi) is 3.27. The van der Waals surface area contributed by atoms with Crippen molar-refractivity contribution >= 4 is 11.3 Å². The molecule has 1 heterocycles. The molecule has 0 fully saturated rings. The molecule has 0 saturated heterocycles. The molecule has 1 atom stereocenters. The third-order valence-corrected chi connectivity index (χ3v) is 2.67. The van der Waals surface area contributed by atoms with E-state index in [1.165, 1.54) is 4.88 Å². The molecular formula is C9H12N2S. The first-order chi connectivity index (χ1) is 5.72. The summed E-state index contributed by atoms with van der Waals surface area (Å²) in [5.74, 6) is 0. The van der Waals surface area contributed by atoms with Crippen molar-refractivity contribution in [3.63, 3.8) is 0 Å². The van der Waals surface area contributed by atoms with E-state index in [0.29, 0.717) is 0 Å². The van der Waals surface area contributed by atoms with E-state index in [2.05, 4.69) is 6.07 Å². The van der Waals surface area contributed by atoms with Gasteiger partial charge >= 0.3 is 0 Å². The van der Waals surface area contributed by atoms with Gasteiger partial charge in [-0.05, 0) is 31.9 Å². The fourth-order valence-corrected chi connectivity index (χ4v) is 1.76. The molecule has 1 rings (SSSR count). The monoisotopic (exact) mass is 180 g/mol. The Balaban J connectivity index is 2.48. The van der Waals surface area contributed by atoms with Gasteiger partial charge in [0.05, 0.1) is 0 Å². The fraction of sp³-hybridized carbons (Fsp3) is 0.444. The predicted molar refractivity (Wildman–Crippen MR) is 51.0 cm³/mol. The lowest BCUT2D eigenvalue weighted by Gasteiger charge is -2.01. The van der Waals surface area contributed by atoms with Gasteiger partial charge in [-0.3, -0.25) is 0 Å². The van der Waals surface area contributed by atoms with Gasteiger partial charge in [0.2, 0.25) is 0 Å². The van der Waals surface area contributed by atoms with Crippen LogP contribution in [0, 0.1) is 11.3 Å². The molecule has 2 N–H and O–H groups in total. The lowest BCUT2D eigenvalue weighted by Crippen LogP contribution is -2.14. The van der Waals surface area contributed by atoms with Crippen LogP contribution in [0.25, 0.3) is 0 Å². The van der Waals surface area contributed by atoms with Crippen molar-refractivity contribution in [3.8, 4) is 6.07 Å². The van der Waals surface area contributed by atoms with Crippen LogP contribution in [0.5, 0.6) is 0 Å². The van der Waals surface area contributed by atoms with Crippen LogP contribution in [-0.2, 0) is 6.42 Å². The van der Waals surface area contributed by atoms with Crippen LogP contribution in [0.1, 0.15) is 23.1 Å². The van der Waals surface area contributed by atoms with Crippen LogP contribution in [0.2, 0.25) is 0 Å². The summed E-state index contributed by atoms with van der Waals surface area (Å²) in [5.41, 5.74) is 5.62. The highest BCUT2D eigenvalue weighted by Gasteiger charge is 2.00. The Bertz CT molecular complexity index is 283. The van der Waals surface area contributed by atoms with Crippen LogP contribution in [0.15, 0.2) is 12.1 Å². The third-order valence-electron chi connectivity index (χ3n) is 1.62. The maximum Gasteiger partial charge on any atom is 0.110 e. The molecule has 0 spiro atoms. The van der Waals surface area contributed by atoms with E-state index < -0.39 is 0 Å². The second kappa shape index (κ2) is 4.24. The summed E-state index contributed by atoms with van der Waals surface area (Å²) in [6.45, 7) is 2.00. The summed E-state index contributed by atoms with van der Waals surface area (Å²) in [6.07, 6.45) is 1.98. The van der Waals surface area contributed by atoms with E-state index in [1.54, 1.807) is 11.3 Å². The molecule has 1 aromatic heterocycles. The number of nitriles is 1. The third kappa shape index (κ3) is 2.65. The number of hydrogen-bond donors (Lipinski definition) is 1. The smallest absolute Gasteiger partial charge is 0.110 e. The van der Waals surface area contributed by atoms with E-state index >= 15 is 0 Å². The van der Waals surface area contributed by atoms with Crippen molar-refractivity contribution in [2.45, 2.75) is 25.8 Å². The van der Waals surface area contributed by atoms with E-state index in [0.717, 1.165) is 17.7 Å². The number of rotatable bonds is 3. The molecule has 1 aromatic rings. The van der Waals surface area contributed by atoms with Crippen LogP contribution in [-0.4, -0.2) is 6.04 Å². The van der Waals surface area contributed by atoms with E-state index in [-0.39, 0.29) is 6.04 Å². The maximum absolute atomic E-state index is 8.56. The van der Waals surface area contributed by atoms with Crippen molar-refractivity contribution in [1.82, 2.24) is 0 Å². The molecule has 64 valence electrons. The minimum Gasteiger partial charge on any atom is -0.328 e. The van der Waals surface area contributed by atoms with E-state index in [9.17, 15) is 0 Å². The van der Waals surface area contributed by atoms with Gasteiger partial charge < -0.3 is 5.73 Å². The topological polar surface area (TPSA) is 49.8 Å². The molecule has 0 aliphatic heterocycles. The molecule has 0 saturated carbocycles. The average molecular weight is 180 g/mol. The zero-order valence-electron chi connectivity index (χ0n) is 7.08. The first-order valence-electron chi connectivity index (χ1n) is 3.97. The van der Waals surface area contributed by atoms with Crippen molar-refractivity contribution in [3.05, 3.63) is 21.9 Å². The molecule has 0 aliphatic rings. The highest BCUT2D eigenvalue weighted by atomic mass is 32.1. The van der Waals surface area contributed by atoms with Gasteiger partial charge in [-0.2, -0.15) is 5.26 Å². The second-order valence-electron chi connectivity index (χ2n) is 2.89. The first kappa shape index (κ1) is 9.24. The Morgan fingerprint density at radius 1 is 1.67 bits per heavy atom. The van der Waals surface area contributed by atoms with Gasteiger partial charge in [0, 0.05) is 10.9 Å². The van der Waals surface area contributed by atoms with Gasteiger partial charge in [0.25, 0.3) is 0 Å². The van der Waals surface area contributed by atoms with Crippen molar-refractivity contribution in [2.75, 3.05) is 0 Å². The lowest BCUT2D eigenvalue weighted by atomic mass is 10.2. The molecule has 0 aliphatic carbocycles. The fourth-order valence-electron chi connectivity index (χ4n) is 0.942. The number of nitrogens with two attached hydrogens (primary N) is 1. The molecule has 1 unspecified atom stereocenters. The molecule has 0 bridgehead atoms. The summed E-state index contributed by atoms with van der Waals surface area (Å²) < 4.78 is 0. The van der Waals surface area contributed by atoms with Gasteiger partial charge in [0.1, 0.15) is 10.9 Å². The minimum atomic E-state index is 0.248. The Morgan fingerprint density at radius 3 is 2.92 bits per heavy atom. The van der Waals surface area contributed by atoms with Gasteiger partial charge in [-0.15, -0.1) is 11.3 Å². The molecular weight excluding hydrogens is 168 g/mol. The van der Waals surface area contributed by atoms with Gasteiger partial charge in [0.15, 0.2) is 0 Å². The Hall–Kier alpha value is -0.850. The highest BCUT2D eigenvalue weighted by molar-refractivity contribution is 7.12. The van der Waals surface area contributed by atoms with Crippen molar-refractivity contribution in [2.24, 2.45) is 5.73 Å². The lowest BCUT2D eigenvalue weighted by molar-refractivity contribution is 0.670. The number of hydrogen-bond acceptors (Lipinski definition) is 3. The standard InChI is InChI=1S/C9H12N2S/c1-7(11)2-3-8-4-5-9(6-10)12-8/h4-5,7H,2-3,11H2,1H3. The van der Waals surface area contributed by atoms with Crippen LogP contribution in [0.3, 0.4) is 0 Å². The van der Waals surface area contributed by atoms with E-state index in [4.69, 9.17) is 11.0 Å². The first-order valence-corrected chi connectivity index (χ1v) is 4.78. The second-order valence-corrected chi connectivity index (χ2v) is 4.06. The van der Waals surface area contributed by atoms with Crippen molar-refractivity contribution in [1.29, 1.82) is 5.26 Å². The number of aryl methyl sites for hydroxylation is 1. The quantitative estimate of drug-likeness (QED) is 0.772. The largest absolute Gasteiger partial charge is 0.328 e. The van der Waals surface area contributed by atoms with Gasteiger partial charge in [-0.1, -0.05) is 0 Å². The van der Waals surface area contributed by atoms with Crippen LogP contribution in [0.4, 0.5) is 0 Å². The normalized spacial score (nSPS) is 12.4. The Morgan fingerprint density at radius 2 is 2.42 bits per heavy atom. The van der Waals surface area contributed by atoms with Crippen LogP contribution < -0.4 is 5.73 Å². The Labute approximate surface area is 76.6 Å². The summed E-state index contributed by atoms with van der Waals surface area (Å²) in [7, 11) is 0. The summed E-state index contributed by atoms with van der Waals surface area (Å²) in [4.78, 5) is 2.04. The van der Waals surface area contributed by atoms with Gasteiger partial charge in [-0.25, -0.2) is 0 Å². The zero-order chi connectivity index (χ0) is 8.97. The molecule has 2 nitrogen and oxygen atoms in total. The SMILES string of the molecule is CC(N)CCc1ccc(C#N)s1. The highest BCUT2D eigenvalue weighted by Crippen LogP contribution is 2.17. The predicted octanol–water partition coefficient (Wildman–Crippen LogP) is 1.90. The molecule has 0 radical (unpaired) electrons. The molecule has 0 amide bonds. The molecule has 12 heavy (non-hydrogen) atoms. The minimum absolute atomic E-state index is 0.248. The molecule has 0 aromatic carbocycles. The number of thiophene rings is 1.